The number of carbonyl (C=O) groups excluding carboxylic acids is 2. The van der Waals surface area contributed by atoms with Crippen molar-refractivity contribution in [2.24, 2.45) is 0 Å². The first-order valence-corrected chi connectivity index (χ1v) is 7.89. The molecule has 0 unspecified atom stereocenters. The van der Waals surface area contributed by atoms with Gasteiger partial charge < -0.3 is 19.3 Å². The van der Waals surface area contributed by atoms with Crippen LogP contribution in [0, 0.1) is 0 Å². The van der Waals surface area contributed by atoms with Gasteiger partial charge >= 0.3 is 29.6 Å². The Morgan fingerprint density at radius 3 is 2.71 bits per heavy atom. The van der Waals surface area contributed by atoms with Crippen LogP contribution in [-0.4, -0.2) is 74.5 Å². The van der Waals surface area contributed by atoms with Crippen molar-refractivity contribution < 1.29 is 62.0 Å². The minimum atomic E-state index is -4.86. The third kappa shape index (κ3) is 3.32. The predicted octanol–water partition coefficient (Wildman–Crippen LogP) is -5.16. The molecule has 2 atom stereocenters. The smallest absolute Gasteiger partial charge is 0.731 e. The number of amides is 2. The Labute approximate surface area is 158 Å². The number of β-lactam (4-membered cyclic amide) rings is 1. The number of nitrogens with zero attached hydrogens (tertiary/aromatic N) is 4. The Bertz CT molecular complexity index is 756. The van der Waals surface area contributed by atoms with E-state index < -0.39 is 40.8 Å². The van der Waals surface area contributed by atoms with Crippen LogP contribution in [0.4, 0.5) is 0 Å². The molecule has 0 bridgehead atoms. The third-order valence-electron chi connectivity index (χ3n) is 3.67. The summed E-state index contributed by atoms with van der Waals surface area (Å²) >= 11 is 0. The SMILES string of the molecule is O=C(COc1ccc(O)nn1)N1CC[C@@H]2[C@H]1C(=O)N2S(=O)(=O)[O-].[Na+]. The average molecular weight is 366 g/mol. The van der Waals surface area contributed by atoms with E-state index >= 15 is 0 Å². The van der Waals surface area contributed by atoms with Crippen molar-refractivity contribution in [2.75, 3.05) is 13.2 Å². The van der Waals surface area contributed by atoms with Crippen molar-refractivity contribution in [2.45, 2.75) is 18.5 Å². The maximum absolute atomic E-state index is 12.1. The number of hydrogen-bond donors (Lipinski definition) is 1. The number of hydrogen-bond acceptors (Lipinski definition) is 9. The Kier molecular flexibility index (Phi) is 5.34. The first-order valence-electron chi connectivity index (χ1n) is 6.53. The molecule has 0 saturated carbocycles. The molecule has 0 aromatic carbocycles. The van der Waals surface area contributed by atoms with Crippen molar-refractivity contribution in [1.29, 1.82) is 0 Å². The molecule has 13 heteroatoms. The molecule has 2 aliphatic rings. The van der Waals surface area contributed by atoms with Gasteiger partial charge in [-0.3, -0.25) is 9.59 Å². The van der Waals surface area contributed by atoms with Crippen LogP contribution in [0.5, 0.6) is 11.8 Å². The number of ether oxygens (including phenoxy) is 1. The minimum absolute atomic E-state index is 0. The number of rotatable bonds is 4. The molecule has 0 radical (unpaired) electrons. The molecule has 11 nitrogen and oxygen atoms in total. The van der Waals surface area contributed by atoms with Crippen LogP contribution in [0.3, 0.4) is 0 Å². The summed E-state index contributed by atoms with van der Waals surface area (Å²) in [6, 6.07) is 0.788. The van der Waals surface area contributed by atoms with Crippen molar-refractivity contribution in [3.05, 3.63) is 12.1 Å². The van der Waals surface area contributed by atoms with Gasteiger partial charge in [0, 0.05) is 18.7 Å². The molecule has 1 aromatic rings. The molecule has 0 aliphatic carbocycles. The molecule has 24 heavy (non-hydrogen) atoms. The van der Waals surface area contributed by atoms with Crippen molar-refractivity contribution in [3.8, 4) is 11.8 Å². The molecule has 1 N–H and O–H groups in total. The molecule has 0 spiro atoms. The zero-order chi connectivity index (χ0) is 16.8. The quantitative estimate of drug-likeness (QED) is 0.313. The van der Waals surface area contributed by atoms with Crippen LogP contribution in [0.15, 0.2) is 12.1 Å². The minimum Gasteiger partial charge on any atom is -0.731 e. The summed E-state index contributed by atoms with van der Waals surface area (Å²) in [6.07, 6.45) is 0.211. The van der Waals surface area contributed by atoms with Crippen LogP contribution in [0.2, 0.25) is 0 Å². The topological polar surface area (TPSA) is 153 Å². The van der Waals surface area contributed by atoms with E-state index in [1.54, 1.807) is 0 Å². The monoisotopic (exact) mass is 366 g/mol. The first-order chi connectivity index (χ1) is 10.8. The maximum Gasteiger partial charge on any atom is 1.00 e. The summed E-state index contributed by atoms with van der Waals surface area (Å²) in [4.78, 5) is 25.0. The van der Waals surface area contributed by atoms with Crippen LogP contribution in [0.1, 0.15) is 6.42 Å². The van der Waals surface area contributed by atoms with Crippen molar-refractivity contribution in [3.63, 3.8) is 0 Å². The van der Waals surface area contributed by atoms with Crippen molar-refractivity contribution >= 4 is 22.1 Å². The summed E-state index contributed by atoms with van der Waals surface area (Å²) in [6.45, 7) is -0.281. The second-order valence-corrected chi connectivity index (χ2v) is 6.25. The van der Waals surface area contributed by atoms with Crippen LogP contribution in [-0.2, 0) is 19.9 Å². The molecule has 2 fully saturated rings. The van der Waals surface area contributed by atoms with E-state index in [2.05, 4.69) is 10.2 Å². The molecule has 3 heterocycles. The number of likely N-dealkylation sites (tertiary alicyclic amines) is 1. The number of fused-ring (bicyclic) bond motifs is 1. The molecule has 2 saturated heterocycles. The van der Waals surface area contributed by atoms with E-state index in [-0.39, 0.29) is 58.6 Å². The Morgan fingerprint density at radius 2 is 2.12 bits per heavy atom. The third-order valence-corrected chi connectivity index (χ3v) is 4.60. The van der Waals surface area contributed by atoms with E-state index in [0.717, 1.165) is 0 Å². The Hall–Kier alpha value is -1.47. The summed E-state index contributed by atoms with van der Waals surface area (Å²) in [5.41, 5.74) is 0. The van der Waals surface area contributed by atoms with E-state index in [0.29, 0.717) is 0 Å². The van der Waals surface area contributed by atoms with Gasteiger partial charge in [0.25, 0.3) is 11.8 Å². The van der Waals surface area contributed by atoms with E-state index in [4.69, 9.17) is 9.84 Å². The van der Waals surface area contributed by atoms with Gasteiger partial charge in [0.05, 0.1) is 6.04 Å². The zero-order valence-electron chi connectivity index (χ0n) is 12.5. The number of carbonyl (C=O) groups is 2. The van der Waals surface area contributed by atoms with Gasteiger partial charge in [-0.15, -0.1) is 10.2 Å². The molecular formula is C11H11N4NaO7S. The van der Waals surface area contributed by atoms with E-state index in [1.807, 2.05) is 0 Å². The summed E-state index contributed by atoms with van der Waals surface area (Å²) in [7, 11) is -4.86. The first kappa shape index (κ1) is 18.9. The van der Waals surface area contributed by atoms with Gasteiger partial charge in [-0.25, -0.2) is 12.7 Å². The van der Waals surface area contributed by atoms with Gasteiger partial charge in [0.2, 0.25) is 11.8 Å². The number of aromatic nitrogens is 2. The Morgan fingerprint density at radius 1 is 1.42 bits per heavy atom. The van der Waals surface area contributed by atoms with Crippen LogP contribution >= 0.6 is 0 Å². The average Bonchev–Trinajstić information content (AvgIpc) is 2.83. The van der Waals surface area contributed by atoms with Gasteiger partial charge in [-0.05, 0) is 6.42 Å². The van der Waals surface area contributed by atoms with Gasteiger partial charge in [-0.1, -0.05) is 0 Å². The largest absolute Gasteiger partial charge is 1.00 e. The van der Waals surface area contributed by atoms with Gasteiger partial charge in [-0.2, -0.15) is 0 Å². The second kappa shape index (κ2) is 6.80. The predicted molar refractivity (Wildman–Crippen MR) is 69.6 cm³/mol. The normalized spacial score (nSPS) is 22.5. The zero-order valence-corrected chi connectivity index (χ0v) is 15.3. The Balaban J connectivity index is 0.00000208. The maximum atomic E-state index is 12.1. The second-order valence-electron chi connectivity index (χ2n) is 5.00. The van der Waals surface area contributed by atoms with Crippen LogP contribution < -0.4 is 34.3 Å². The number of aromatic hydroxyl groups is 1. The van der Waals surface area contributed by atoms with Gasteiger partial charge in [0.15, 0.2) is 16.9 Å². The summed E-state index contributed by atoms with van der Waals surface area (Å²) < 4.78 is 38.3. The van der Waals surface area contributed by atoms with E-state index in [1.165, 1.54) is 17.0 Å². The summed E-state index contributed by atoms with van der Waals surface area (Å²) in [5, 5.41) is 15.8. The molecule has 1 aromatic heterocycles. The fraction of sp³-hybridized carbons (Fsp3) is 0.455. The van der Waals surface area contributed by atoms with Crippen LogP contribution in [0.25, 0.3) is 0 Å². The standard InChI is InChI=1S/C11H12N4O7S.Na/c16-7-1-2-8(13-12-7)22-5-9(17)14-4-3-6-10(14)11(18)15(6)23(19,20)21;/h1-2,6,10H,3-5H2,(H,12,16)(H,19,20,21);/q;+1/p-1/t6-,10+;/m1./s1. The van der Waals surface area contributed by atoms with Crippen molar-refractivity contribution in [1.82, 2.24) is 19.4 Å². The molecule has 3 rings (SSSR count). The fourth-order valence-corrected chi connectivity index (χ4v) is 3.58. The molecular weight excluding hydrogens is 355 g/mol. The fourth-order valence-electron chi connectivity index (χ4n) is 2.70. The van der Waals surface area contributed by atoms with Gasteiger partial charge in [0.1, 0.15) is 6.04 Å². The molecule has 2 aliphatic heterocycles. The molecule has 2 amide bonds. The molecule has 124 valence electrons. The summed E-state index contributed by atoms with van der Waals surface area (Å²) in [5.74, 6) is -1.73. The van der Waals surface area contributed by atoms with E-state index in [9.17, 15) is 22.6 Å².